The zero-order valence-corrected chi connectivity index (χ0v) is 36.0. The molecule has 0 atom stereocenters. The molecule has 15 rings (SSSR count). The smallest absolute Gasteiger partial charge is 0.164 e. The van der Waals surface area contributed by atoms with Gasteiger partial charge in [0.2, 0.25) is 0 Å². The summed E-state index contributed by atoms with van der Waals surface area (Å²) in [5, 5.41) is 2.31. The van der Waals surface area contributed by atoms with E-state index < -0.39 is 0 Å². The van der Waals surface area contributed by atoms with E-state index in [1.807, 2.05) is 36.4 Å². The maximum atomic E-state index is 6.53. The van der Waals surface area contributed by atoms with Crippen molar-refractivity contribution in [2.45, 2.75) is 37.5 Å². The maximum absolute atomic E-state index is 6.53. The molecule has 0 aliphatic heterocycles. The molecule has 0 unspecified atom stereocenters. The Balaban J connectivity index is 0.935. The third kappa shape index (κ3) is 5.66. The highest BCUT2D eigenvalue weighted by molar-refractivity contribution is 6.06. The van der Waals surface area contributed by atoms with Crippen molar-refractivity contribution in [1.29, 1.82) is 0 Å². The van der Waals surface area contributed by atoms with Crippen LogP contribution in [0.15, 0.2) is 192 Å². The second kappa shape index (κ2) is 14.3. The quantitative estimate of drug-likeness (QED) is 0.167. The number of rotatable bonds is 6. The average Bonchev–Trinajstić information content (AvgIpc) is 3.88. The summed E-state index contributed by atoms with van der Waals surface area (Å²) in [6, 6.07) is 68.0. The van der Waals surface area contributed by atoms with Crippen molar-refractivity contribution < 1.29 is 4.42 Å². The molecule has 4 nitrogen and oxygen atoms in total. The number of benzene rings is 8. The van der Waals surface area contributed by atoms with Gasteiger partial charge in [0.1, 0.15) is 11.2 Å². The van der Waals surface area contributed by atoms with Crippen LogP contribution in [0, 0.1) is 23.7 Å². The first-order valence-electron chi connectivity index (χ1n) is 23.4. The third-order valence-electron chi connectivity index (χ3n) is 15.8. The van der Waals surface area contributed by atoms with Crippen LogP contribution >= 0.6 is 0 Å². The Kier molecular flexibility index (Phi) is 8.13. The molecule has 4 bridgehead atoms. The minimum atomic E-state index is 0.0654. The minimum absolute atomic E-state index is 0.0654. The van der Waals surface area contributed by atoms with E-state index in [0.29, 0.717) is 29.3 Å². The van der Waals surface area contributed by atoms with Crippen LogP contribution in [0.3, 0.4) is 0 Å². The lowest BCUT2D eigenvalue weighted by atomic mass is 9.43. The van der Waals surface area contributed by atoms with E-state index in [2.05, 4.69) is 152 Å². The van der Waals surface area contributed by atoms with Gasteiger partial charge in [-0.2, -0.15) is 0 Å². The Morgan fingerprint density at radius 2 is 0.862 bits per heavy atom. The fourth-order valence-corrected chi connectivity index (χ4v) is 13.3. The zero-order chi connectivity index (χ0) is 42.6. The predicted octanol–water partition coefficient (Wildman–Crippen LogP) is 15.5. The molecule has 4 heteroatoms. The predicted molar refractivity (Wildman–Crippen MR) is 263 cm³/mol. The largest absolute Gasteiger partial charge is 0.456 e. The van der Waals surface area contributed by atoms with E-state index >= 15 is 0 Å². The van der Waals surface area contributed by atoms with Crippen LogP contribution in [0.5, 0.6) is 0 Å². The van der Waals surface area contributed by atoms with Gasteiger partial charge in [0, 0.05) is 32.9 Å². The molecule has 0 N–H and O–H groups in total. The summed E-state index contributed by atoms with van der Waals surface area (Å²) in [5.41, 5.74) is 17.9. The van der Waals surface area contributed by atoms with Gasteiger partial charge in [-0.05, 0) is 142 Å². The molecule has 10 aromatic rings. The van der Waals surface area contributed by atoms with Crippen LogP contribution in [-0.4, -0.2) is 15.0 Å². The number of fused-ring (bicyclic) bond motifs is 6. The summed E-state index contributed by atoms with van der Waals surface area (Å²) < 4.78 is 6.53. The second-order valence-electron chi connectivity index (χ2n) is 19.1. The molecule has 0 amide bonds. The molecule has 2 aromatic heterocycles. The molecule has 5 aliphatic carbocycles. The van der Waals surface area contributed by atoms with Crippen LogP contribution in [0.1, 0.15) is 43.2 Å². The molecule has 5 aliphatic rings. The molecule has 65 heavy (non-hydrogen) atoms. The van der Waals surface area contributed by atoms with Crippen molar-refractivity contribution in [3.63, 3.8) is 0 Å². The van der Waals surface area contributed by atoms with Gasteiger partial charge in [-0.3, -0.25) is 0 Å². The van der Waals surface area contributed by atoms with Gasteiger partial charge in [0.25, 0.3) is 0 Å². The standard InChI is InChI=1S/C61H45N3O/c1-3-13-41(14-4-1)58-62-59(42-15-5-2-6-16-42)64-60(63-58)50-20-8-7-17-46(50)39-23-25-40(26-24-39)52-36-55-53(35-51(52)43-27-28-49-48-19-10-12-22-56(48)65-57(49)34-43)47-18-9-11-21-54(47)61(55)44-30-37-29-38(32-44)33-45(61)31-37/h1-28,34-38,44-45H,29-33H2. The van der Waals surface area contributed by atoms with E-state index in [9.17, 15) is 0 Å². The van der Waals surface area contributed by atoms with Gasteiger partial charge in [-0.1, -0.05) is 158 Å². The number of hydrogen-bond donors (Lipinski definition) is 0. The summed E-state index contributed by atoms with van der Waals surface area (Å²) in [4.78, 5) is 15.2. The van der Waals surface area contributed by atoms with Gasteiger partial charge in [0.15, 0.2) is 17.5 Å². The SMILES string of the molecule is c1ccc(-c2nc(-c3ccccc3)nc(-c3ccccc3-c3ccc(-c4cc5c(cc4-c4ccc6c(c4)oc4ccccc46)-c4ccccc4C54C5CC6CC(C5)CC4C6)cc3)n2)cc1. The van der Waals surface area contributed by atoms with Gasteiger partial charge in [0.05, 0.1) is 0 Å². The first kappa shape index (κ1) is 37.0. The molecule has 0 radical (unpaired) electrons. The highest BCUT2D eigenvalue weighted by Crippen LogP contribution is 2.70. The minimum Gasteiger partial charge on any atom is -0.456 e. The van der Waals surface area contributed by atoms with E-state index in [-0.39, 0.29) is 5.41 Å². The van der Waals surface area contributed by atoms with Crippen molar-refractivity contribution in [2.24, 2.45) is 23.7 Å². The molecular weight excluding hydrogens is 791 g/mol. The van der Waals surface area contributed by atoms with Crippen molar-refractivity contribution in [3.8, 4) is 78.7 Å². The number of furan rings is 1. The van der Waals surface area contributed by atoms with E-state index in [1.165, 1.54) is 65.5 Å². The van der Waals surface area contributed by atoms with Gasteiger partial charge in [-0.25, -0.2) is 15.0 Å². The summed E-state index contributed by atoms with van der Waals surface area (Å²) in [5.74, 6) is 5.11. The van der Waals surface area contributed by atoms with E-state index in [4.69, 9.17) is 19.4 Å². The fourth-order valence-electron chi connectivity index (χ4n) is 13.3. The van der Waals surface area contributed by atoms with Crippen LogP contribution in [0.25, 0.3) is 101 Å². The van der Waals surface area contributed by atoms with Gasteiger partial charge in [-0.15, -0.1) is 0 Å². The topological polar surface area (TPSA) is 51.8 Å². The van der Waals surface area contributed by atoms with E-state index in [0.717, 1.165) is 61.6 Å². The Bertz CT molecular complexity index is 3410. The third-order valence-corrected chi connectivity index (χ3v) is 15.8. The maximum Gasteiger partial charge on any atom is 0.164 e. The van der Waals surface area contributed by atoms with Crippen molar-refractivity contribution in [3.05, 3.63) is 199 Å². The lowest BCUT2D eigenvalue weighted by Crippen LogP contribution is -2.55. The lowest BCUT2D eigenvalue weighted by Gasteiger charge is -2.61. The van der Waals surface area contributed by atoms with Gasteiger partial charge < -0.3 is 4.42 Å². The average molecular weight is 836 g/mol. The Morgan fingerprint density at radius 1 is 0.338 bits per heavy atom. The normalized spacial score (nSPS) is 21.3. The Morgan fingerprint density at radius 3 is 1.55 bits per heavy atom. The molecule has 310 valence electrons. The molecule has 4 saturated carbocycles. The molecule has 1 spiro atoms. The molecule has 0 saturated heterocycles. The Labute approximate surface area is 378 Å². The number of hydrogen-bond acceptors (Lipinski definition) is 4. The van der Waals surface area contributed by atoms with Crippen LogP contribution in [0.2, 0.25) is 0 Å². The summed E-state index contributed by atoms with van der Waals surface area (Å²) >= 11 is 0. The summed E-state index contributed by atoms with van der Waals surface area (Å²) in [6.07, 6.45) is 6.87. The Hall–Kier alpha value is -7.43. The van der Waals surface area contributed by atoms with Crippen LogP contribution in [-0.2, 0) is 5.41 Å². The number of aromatic nitrogens is 3. The van der Waals surface area contributed by atoms with Crippen molar-refractivity contribution >= 4 is 21.9 Å². The summed E-state index contributed by atoms with van der Waals surface area (Å²) in [7, 11) is 0. The highest BCUT2D eigenvalue weighted by Gasteiger charge is 2.61. The number of nitrogens with zero attached hydrogens (tertiary/aromatic N) is 3. The monoisotopic (exact) mass is 835 g/mol. The number of para-hydroxylation sites is 1. The fraction of sp³-hybridized carbons (Fsp3) is 0.164. The van der Waals surface area contributed by atoms with Crippen LogP contribution in [0.4, 0.5) is 0 Å². The van der Waals surface area contributed by atoms with Gasteiger partial charge >= 0.3 is 0 Å². The van der Waals surface area contributed by atoms with Crippen molar-refractivity contribution in [1.82, 2.24) is 15.0 Å². The zero-order valence-electron chi connectivity index (χ0n) is 36.0. The second-order valence-corrected chi connectivity index (χ2v) is 19.1. The molecule has 8 aromatic carbocycles. The van der Waals surface area contributed by atoms with Crippen LogP contribution < -0.4 is 0 Å². The van der Waals surface area contributed by atoms with Crippen molar-refractivity contribution in [2.75, 3.05) is 0 Å². The first-order chi connectivity index (χ1) is 32.2. The first-order valence-corrected chi connectivity index (χ1v) is 23.4. The molecule has 2 heterocycles. The molecular formula is C61H45N3O. The molecule has 4 fully saturated rings. The summed E-state index contributed by atoms with van der Waals surface area (Å²) in [6.45, 7) is 0. The van der Waals surface area contributed by atoms with E-state index in [1.54, 1.807) is 11.1 Å². The lowest BCUT2D eigenvalue weighted by molar-refractivity contribution is -0.0399. The highest BCUT2D eigenvalue weighted by atomic mass is 16.3.